The molecule has 0 unspecified atom stereocenters. The number of ether oxygens (including phenoxy) is 1. The van der Waals surface area contributed by atoms with Crippen molar-refractivity contribution in [3.05, 3.63) is 35.4 Å². The molecule has 2 fully saturated rings. The van der Waals surface area contributed by atoms with Crippen molar-refractivity contribution in [3.8, 4) is 6.07 Å². The first kappa shape index (κ1) is 22.3. The van der Waals surface area contributed by atoms with Gasteiger partial charge in [0.15, 0.2) is 0 Å². The lowest BCUT2D eigenvalue weighted by Crippen LogP contribution is -2.46. The normalized spacial score (nSPS) is 19.1. The van der Waals surface area contributed by atoms with Gasteiger partial charge in [-0.25, -0.2) is 0 Å². The highest BCUT2D eigenvalue weighted by molar-refractivity contribution is 5.79. The molecule has 0 spiro atoms. The number of amides is 1. The molecule has 0 aliphatic carbocycles. The van der Waals surface area contributed by atoms with Crippen LogP contribution in [0, 0.1) is 17.2 Å². The minimum absolute atomic E-state index is 0.0667. The molecule has 0 saturated carbocycles. The van der Waals surface area contributed by atoms with Gasteiger partial charge in [-0.05, 0) is 57.0 Å². The highest BCUT2D eigenvalue weighted by atomic mass is 16.5. The van der Waals surface area contributed by atoms with Gasteiger partial charge in [0.2, 0.25) is 5.91 Å². The first-order valence-corrected chi connectivity index (χ1v) is 11.0. The molecule has 0 radical (unpaired) electrons. The first-order chi connectivity index (χ1) is 14.6. The summed E-state index contributed by atoms with van der Waals surface area (Å²) in [7, 11) is 0. The predicted molar refractivity (Wildman–Crippen MR) is 113 cm³/mol. The van der Waals surface area contributed by atoms with Gasteiger partial charge < -0.3 is 9.64 Å². The summed E-state index contributed by atoms with van der Waals surface area (Å²) in [6.07, 6.45) is 2.43. The zero-order valence-corrected chi connectivity index (χ0v) is 17.9. The minimum atomic E-state index is -0.125. The standard InChI is InChI=1S/C23H32N4O3/c1-2-30-23(29)21-8-12-27(13-9-21)22(28)18-26-11-3-10-25(14-15-26)17-20-6-4-19(16-24)5-7-20/h4-7,21H,2-3,8-15,17-18H2,1H3. The van der Waals surface area contributed by atoms with Crippen molar-refractivity contribution in [1.82, 2.24) is 14.7 Å². The lowest BCUT2D eigenvalue weighted by atomic mass is 9.97. The van der Waals surface area contributed by atoms with E-state index in [2.05, 4.69) is 15.9 Å². The Labute approximate surface area is 179 Å². The Morgan fingerprint density at radius 2 is 1.70 bits per heavy atom. The summed E-state index contributed by atoms with van der Waals surface area (Å²) in [4.78, 5) is 31.2. The van der Waals surface area contributed by atoms with E-state index >= 15 is 0 Å². The molecule has 7 heteroatoms. The Bertz CT molecular complexity index is 751. The van der Waals surface area contributed by atoms with Crippen molar-refractivity contribution in [2.24, 2.45) is 5.92 Å². The maximum absolute atomic E-state index is 12.7. The van der Waals surface area contributed by atoms with Crippen LogP contribution in [0.15, 0.2) is 24.3 Å². The van der Waals surface area contributed by atoms with Crippen molar-refractivity contribution >= 4 is 11.9 Å². The third kappa shape index (κ3) is 6.28. The molecule has 1 amide bonds. The number of benzene rings is 1. The van der Waals surface area contributed by atoms with Crippen LogP contribution in [0.2, 0.25) is 0 Å². The molecule has 3 rings (SSSR count). The monoisotopic (exact) mass is 412 g/mol. The number of esters is 1. The van der Waals surface area contributed by atoms with E-state index < -0.39 is 0 Å². The van der Waals surface area contributed by atoms with Crippen molar-refractivity contribution in [2.75, 3.05) is 52.4 Å². The number of piperidine rings is 1. The zero-order chi connectivity index (χ0) is 21.3. The van der Waals surface area contributed by atoms with E-state index in [-0.39, 0.29) is 17.8 Å². The maximum atomic E-state index is 12.7. The zero-order valence-electron chi connectivity index (χ0n) is 17.9. The summed E-state index contributed by atoms with van der Waals surface area (Å²) in [5.41, 5.74) is 1.90. The molecule has 2 aliphatic rings. The Morgan fingerprint density at radius 1 is 1.03 bits per heavy atom. The van der Waals surface area contributed by atoms with Crippen molar-refractivity contribution in [2.45, 2.75) is 32.7 Å². The predicted octanol–water partition coefficient (Wildman–Crippen LogP) is 1.87. The molecule has 7 nitrogen and oxygen atoms in total. The van der Waals surface area contributed by atoms with Crippen molar-refractivity contribution in [3.63, 3.8) is 0 Å². The van der Waals surface area contributed by atoms with Gasteiger partial charge in [-0.2, -0.15) is 5.26 Å². The summed E-state index contributed by atoms with van der Waals surface area (Å²) in [5.74, 6) is -0.0275. The fraction of sp³-hybridized carbons (Fsp3) is 0.609. The van der Waals surface area contributed by atoms with E-state index in [1.165, 1.54) is 5.56 Å². The molecule has 0 N–H and O–H groups in total. The summed E-state index contributed by atoms with van der Waals surface area (Å²) < 4.78 is 5.11. The van der Waals surface area contributed by atoms with Crippen LogP contribution in [0.3, 0.4) is 0 Å². The van der Waals surface area contributed by atoms with Gasteiger partial charge in [0.25, 0.3) is 0 Å². The molecule has 162 valence electrons. The van der Waals surface area contributed by atoms with Crippen LogP contribution in [-0.4, -0.2) is 79.0 Å². The van der Waals surface area contributed by atoms with Gasteiger partial charge in [0.05, 0.1) is 30.7 Å². The summed E-state index contributed by atoms with van der Waals surface area (Å²) >= 11 is 0. The fourth-order valence-corrected chi connectivity index (χ4v) is 4.20. The van der Waals surface area contributed by atoms with Crippen LogP contribution in [0.5, 0.6) is 0 Å². The molecule has 2 aliphatic heterocycles. The van der Waals surface area contributed by atoms with Crippen LogP contribution in [-0.2, 0) is 20.9 Å². The second-order valence-corrected chi connectivity index (χ2v) is 8.12. The van der Waals surface area contributed by atoms with Crippen molar-refractivity contribution < 1.29 is 14.3 Å². The number of nitriles is 1. The van der Waals surface area contributed by atoms with E-state index in [1.54, 1.807) is 0 Å². The van der Waals surface area contributed by atoms with Crippen LogP contribution >= 0.6 is 0 Å². The Hall–Kier alpha value is -2.43. The Balaban J connectivity index is 1.41. The summed E-state index contributed by atoms with van der Waals surface area (Å²) in [5, 5.41) is 8.92. The number of rotatable bonds is 6. The van der Waals surface area contributed by atoms with Gasteiger partial charge in [-0.1, -0.05) is 12.1 Å². The summed E-state index contributed by atoms with van der Waals surface area (Å²) in [6.45, 7) is 8.58. The third-order valence-electron chi connectivity index (χ3n) is 6.00. The number of nitrogens with zero attached hydrogens (tertiary/aromatic N) is 4. The van der Waals surface area contributed by atoms with Crippen LogP contribution in [0.1, 0.15) is 37.3 Å². The number of carbonyl (C=O) groups excluding carboxylic acids is 2. The molecule has 0 aromatic heterocycles. The third-order valence-corrected chi connectivity index (χ3v) is 6.00. The molecule has 1 aromatic rings. The average molecular weight is 413 g/mol. The molecular weight excluding hydrogens is 380 g/mol. The maximum Gasteiger partial charge on any atom is 0.309 e. The first-order valence-electron chi connectivity index (χ1n) is 11.0. The van der Waals surface area contributed by atoms with E-state index in [4.69, 9.17) is 10.00 Å². The molecule has 0 bridgehead atoms. The molecule has 1 aromatic carbocycles. The van der Waals surface area contributed by atoms with Gasteiger partial charge in [-0.3, -0.25) is 19.4 Å². The molecular formula is C23H32N4O3. The number of likely N-dealkylation sites (tertiary alicyclic amines) is 1. The van der Waals surface area contributed by atoms with E-state index in [1.807, 2.05) is 36.1 Å². The van der Waals surface area contributed by atoms with Crippen LogP contribution < -0.4 is 0 Å². The topological polar surface area (TPSA) is 76.9 Å². The van der Waals surface area contributed by atoms with E-state index in [0.717, 1.165) is 39.1 Å². The van der Waals surface area contributed by atoms with Gasteiger partial charge in [0.1, 0.15) is 0 Å². The lowest BCUT2D eigenvalue weighted by molar-refractivity contribution is -0.151. The number of carbonyl (C=O) groups is 2. The van der Waals surface area contributed by atoms with Crippen LogP contribution in [0.4, 0.5) is 0 Å². The number of hydrogen-bond acceptors (Lipinski definition) is 6. The quantitative estimate of drug-likeness (QED) is 0.664. The Morgan fingerprint density at radius 3 is 2.37 bits per heavy atom. The highest BCUT2D eigenvalue weighted by Crippen LogP contribution is 2.19. The lowest BCUT2D eigenvalue weighted by Gasteiger charge is -2.32. The van der Waals surface area contributed by atoms with E-state index in [9.17, 15) is 9.59 Å². The smallest absolute Gasteiger partial charge is 0.309 e. The van der Waals surface area contributed by atoms with Gasteiger partial charge in [-0.15, -0.1) is 0 Å². The average Bonchev–Trinajstić information content (AvgIpc) is 2.99. The largest absolute Gasteiger partial charge is 0.466 e. The SMILES string of the molecule is CCOC(=O)C1CCN(C(=O)CN2CCCN(Cc3ccc(C#N)cc3)CC2)CC1. The second-order valence-electron chi connectivity index (χ2n) is 8.12. The van der Waals surface area contributed by atoms with Gasteiger partial charge >= 0.3 is 5.97 Å². The second kappa shape index (κ2) is 11.1. The minimum Gasteiger partial charge on any atom is -0.466 e. The highest BCUT2D eigenvalue weighted by Gasteiger charge is 2.29. The molecule has 2 saturated heterocycles. The van der Waals surface area contributed by atoms with E-state index in [0.29, 0.717) is 44.6 Å². The molecule has 2 heterocycles. The molecule has 0 atom stereocenters. The van der Waals surface area contributed by atoms with Gasteiger partial charge in [0, 0.05) is 32.7 Å². The number of hydrogen-bond donors (Lipinski definition) is 0. The molecule has 30 heavy (non-hydrogen) atoms. The Kier molecular flexibility index (Phi) is 8.23. The summed E-state index contributed by atoms with van der Waals surface area (Å²) in [6, 6.07) is 9.92. The van der Waals surface area contributed by atoms with Crippen molar-refractivity contribution in [1.29, 1.82) is 5.26 Å². The fourth-order valence-electron chi connectivity index (χ4n) is 4.20. The van der Waals surface area contributed by atoms with Crippen LogP contribution in [0.25, 0.3) is 0 Å².